The lowest BCUT2D eigenvalue weighted by atomic mass is 9.99. The van der Waals surface area contributed by atoms with Crippen molar-refractivity contribution in [2.75, 3.05) is 30.1 Å². The van der Waals surface area contributed by atoms with Crippen LogP contribution in [0.4, 0.5) is 11.5 Å². The summed E-state index contributed by atoms with van der Waals surface area (Å²) in [6.07, 6.45) is 12.9. The second kappa shape index (κ2) is 7.98. The zero-order valence-corrected chi connectivity index (χ0v) is 17.8. The smallest absolute Gasteiger partial charge is 0.249 e. The molecular weight excluding hydrogens is 380 g/mol. The minimum absolute atomic E-state index is 0.138. The van der Waals surface area contributed by atoms with Gasteiger partial charge in [-0.3, -0.25) is 9.36 Å². The Morgan fingerprint density at radius 2 is 1.90 bits per heavy atom. The van der Waals surface area contributed by atoms with E-state index in [1.165, 1.54) is 12.8 Å². The van der Waals surface area contributed by atoms with Gasteiger partial charge in [0.25, 0.3) is 0 Å². The normalized spacial score (nSPS) is 23.3. The molecule has 5 rings (SSSR count). The number of fused-ring (bicyclic) bond motifs is 1. The first-order valence-electron chi connectivity index (χ1n) is 11.2. The number of rotatable bonds is 4. The van der Waals surface area contributed by atoms with E-state index in [1.54, 1.807) is 11.1 Å². The molecule has 2 aromatic heterocycles. The topological polar surface area (TPSA) is 76.4 Å². The van der Waals surface area contributed by atoms with Crippen molar-refractivity contribution in [1.29, 1.82) is 0 Å². The molecule has 0 unspecified atom stereocenters. The van der Waals surface area contributed by atoms with Crippen molar-refractivity contribution in [3.8, 4) is 5.95 Å². The summed E-state index contributed by atoms with van der Waals surface area (Å²) in [5.41, 5.74) is 0.799. The van der Waals surface area contributed by atoms with Crippen molar-refractivity contribution in [2.45, 2.75) is 69.9 Å². The molecule has 8 nitrogen and oxygen atoms in total. The molecule has 8 heteroatoms. The number of anilines is 2. The molecule has 0 aromatic carbocycles. The molecular formula is C22H30N6O2. The largest absolute Gasteiger partial charge is 0.381 e. The second-order valence-electron chi connectivity index (χ2n) is 8.59. The van der Waals surface area contributed by atoms with Crippen LogP contribution < -0.4 is 9.80 Å². The Balaban J connectivity index is 1.57. The summed E-state index contributed by atoms with van der Waals surface area (Å²) in [6.45, 7) is 3.62. The van der Waals surface area contributed by atoms with E-state index >= 15 is 0 Å². The van der Waals surface area contributed by atoms with Crippen molar-refractivity contribution in [2.24, 2.45) is 0 Å². The van der Waals surface area contributed by atoms with Crippen molar-refractivity contribution in [3.63, 3.8) is 0 Å². The summed E-state index contributed by atoms with van der Waals surface area (Å²) in [7, 11) is 1.84. The minimum atomic E-state index is -0.161. The average molecular weight is 411 g/mol. The van der Waals surface area contributed by atoms with Gasteiger partial charge in [-0.15, -0.1) is 0 Å². The van der Waals surface area contributed by atoms with Gasteiger partial charge in [0, 0.05) is 44.6 Å². The van der Waals surface area contributed by atoms with Gasteiger partial charge in [0.1, 0.15) is 17.6 Å². The molecule has 1 saturated carbocycles. The number of imidazole rings is 1. The summed E-state index contributed by atoms with van der Waals surface area (Å²) < 4.78 is 7.54. The highest BCUT2D eigenvalue weighted by molar-refractivity contribution is 6.04. The SMILES string of the molecule is CC[C@@H]1C(=O)N(C)c2cnc(-n3ccnc3C3CCOCC3)nc2N1C1CCCC1. The summed E-state index contributed by atoms with van der Waals surface area (Å²) >= 11 is 0. The lowest BCUT2D eigenvalue weighted by Crippen LogP contribution is -2.55. The third-order valence-electron chi connectivity index (χ3n) is 6.87. The van der Waals surface area contributed by atoms with Crippen molar-refractivity contribution < 1.29 is 9.53 Å². The summed E-state index contributed by atoms with van der Waals surface area (Å²) in [4.78, 5) is 31.4. The van der Waals surface area contributed by atoms with Crippen LogP contribution in [0.1, 0.15) is 63.6 Å². The van der Waals surface area contributed by atoms with E-state index in [0.29, 0.717) is 17.9 Å². The molecule has 2 fully saturated rings. The summed E-state index contributed by atoms with van der Waals surface area (Å²) in [5.74, 6) is 3.00. The molecule has 0 radical (unpaired) electrons. The van der Waals surface area contributed by atoms with Crippen LogP contribution in [-0.4, -0.2) is 57.8 Å². The molecule has 2 aromatic rings. The van der Waals surface area contributed by atoms with Crippen LogP contribution in [0.5, 0.6) is 0 Å². The molecule has 3 aliphatic rings. The van der Waals surface area contributed by atoms with E-state index < -0.39 is 0 Å². The van der Waals surface area contributed by atoms with Crippen LogP contribution >= 0.6 is 0 Å². The maximum Gasteiger partial charge on any atom is 0.249 e. The third kappa shape index (κ3) is 3.17. The fraction of sp³-hybridized carbons (Fsp3) is 0.636. The zero-order chi connectivity index (χ0) is 20.7. The van der Waals surface area contributed by atoms with E-state index in [0.717, 1.165) is 62.6 Å². The van der Waals surface area contributed by atoms with Crippen LogP contribution in [0.15, 0.2) is 18.6 Å². The Bertz CT molecular complexity index is 916. The molecule has 30 heavy (non-hydrogen) atoms. The van der Waals surface area contributed by atoms with Crippen LogP contribution in [0.25, 0.3) is 5.95 Å². The van der Waals surface area contributed by atoms with Crippen molar-refractivity contribution in [3.05, 3.63) is 24.4 Å². The first kappa shape index (κ1) is 19.5. The number of hydrogen-bond acceptors (Lipinski definition) is 6. The highest BCUT2D eigenvalue weighted by Gasteiger charge is 2.41. The highest BCUT2D eigenvalue weighted by Crippen LogP contribution is 2.40. The number of carbonyl (C=O) groups excluding carboxylic acids is 1. The quantitative estimate of drug-likeness (QED) is 0.771. The van der Waals surface area contributed by atoms with Gasteiger partial charge in [0.2, 0.25) is 11.9 Å². The maximum absolute atomic E-state index is 13.1. The van der Waals surface area contributed by atoms with Gasteiger partial charge < -0.3 is 14.5 Å². The Kier molecular flexibility index (Phi) is 5.18. The molecule has 1 atom stereocenters. The third-order valence-corrected chi connectivity index (χ3v) is 6.87. The first-order chi connectivity index (χ1) is 14.7. The number of nitrogens with zero attached hydrogens (tertiary/aromatic N) is 6. The predicted molar refractivity (Wildman–Crippen MR) is 114 cm³/mol. The van der Waals surface area contributed by atoms with E-state index in [-0.39, 0.29) is 11.9 Å². The lowest BCUT2D eigenvalue weighted by molar-refractivity contribution is -0.120. The highest BCUT2D eigenvalue weighted by atomic mass is 16.5. The van der Waals surface area contributed by atoms with Gasteiger partial charge in [0.05, 0.1) is 6.20 Å². The van der Waals surface area contributed by atoms with Gasteiger partial charge in [0.15, 0.2) is 5.82 Å². The molecule has 160 valence electrons. The van der Waals surface area contributed by atoms with Gasteiger partial charge in [-0.1, -0.05) is 19.8 Å². The number of hydrogen-bond donors (Lipinski definition) is 0. The van der Waals surface area contributed by atoms with Crippen LogP contribution in [0.2, 0.25) is 0 Å². The zero-order valence-electron chi connectivity index (χ0n) is 17.8. The van der Waals surface area contributed by atoms with Crippen LogP contribution in [-0.2, 0) is 9.53 Å². The van der Waals surface area contributed by atoms with E-state index in [1.807, 2.05) is 24.0 Å². The lowest BCUT2D eigenvalue weighted by Gasteiger charge is -2.43. The molecule has 4 heterocycles. The number of ether oxygens (including phenoxy) is 1. The maximum atomic E-state index is 13.1. The second-order valence-corrected chi connectivity index (χ2v) is 8.59. The number of likely N-dealkylation sites (N-methyl/N-ethyl adjacent to an activating group) is 1. The monoisotopic (exact) mass is 410 g/mol. The molecule has 2 aliphatic heterocycles. The van der Waals surface area contributed by atoms with Gasteiger partial charge in [-0.2, -0.15) is 4.98 Å². The Labute approximate surface area is 177 Å². The molecule has 0 spiro atoms. The number of amides is 1. The Hall–Kier alpha value is -2.48. The Morgan fingerprint density at radius 3 is 2.63 bits per heavy atom. The fourth-order valence-corrected chi connectivity index (χ4v) is 5.23. The van der Waals surface area contributed by atoms with Crippen molar-refractivity contribution in [1.82, 2.24) is 19.5 Å². The molecule has 1 amide bonds. The Morgan fingerprint density at radius 1 is 1.13 bits per heavy atom. The molecule has 1 aliphatic carbocycles. The molecule has 0 N–H and O–H groups in total. The number of aromatic nitrogens is 4. The van der Waals surface area contributed by atoms with Gasteiger partial charge >= 0.3 is 0 Å². The molecule has 0 bridgehead atoms. The van der Waals surface area contributed by atoms with Crippen LogP contribution in [0, 0.1) is 0 Å². The average Bonchev–Trinajstić information content (AvgIpc) is 3.48. The van der Waals surface area contributed by atoms with E-state index in [4.69, 9.17) is 9.72 Å². The molecule has 1 saturated heterocycles. The summed E-state index contributed by atoms with van der Waals surface area (Å²) in [5, 5.41) is 0. The standard InChI is InChI=1S/C22H30N6O2/c1-3-17-21(29)26(2)18-14-24-22(25-20(18)28(17)16-6-4-5-7-16)27-11-10-23-19(27)15-8-12-30-13-9-15/h10-11,14-17H,3-9,12-13H2,1-2H3/t17-/m1/s1. The number of carbonyl (C=O) groups is 1. The van der Waals surface area contributed by atoms with Crippen LogP contribution in [0.3, 0.4) is 0 Å². The summed E-state index contributed by atoms with van der Waals surface area (Å²) in [6, 6.07) is 0.206. The minimum Gasteiger partial charge on any atom is -0.381 e. The van der Waals surface area contributed by atoms with Crippen molar-refractivity contribution >= 4 is 17.4 Å². The van der Waals surface area contributed by atoms with Gasteiger partial charge in [-0.05, 0) is 32.1 Å². The fourth-order valence-electron chi connectivity index (χ4n) is 5.23. The van der Waals surface area contributed by atoms with E-state index in [9.17, 15) is 4.79 Å². The van der Waals surface area contributed by atoms with E-state index in [2.05, 4.69) is 21.8 Å². The predicted octanol–water partition coefficient (Wildman–Crippen LogP) is 3.06. The van der Waals surface area contributed by atoms with Gasteiger partial charge in [-0.25, -0.2) is 9.97 Å². The first-order valence-corrected chi connectivity index (χ1v) is 11.2.